The van der Waals surface area contributed by atoms with Crippen molar-refractivity contribution in [2.75, 3.05) is 11.9 Å². The van der Waals surface area contributed by atoms with E-state index in [0.717, 1.165) is 5.01 Å². The van der Waals surface area contributed by atoms with Crippen molar-refractivity contribution in [3.05, 3.63) is 5.01 Å². The van der Waals surface area contributed by atoms with Crippen molar-refractivity contribution >= 4 is 34.8 Å². The summed E-state index contributed by atoms with van der Waals surface area (Å²) in [6.45, 7) is 10.6. The average molecular weight is 349 g/mol. The molecule has 6 nitrogen and oxygen atoms in total. The molecule has 2 unspecified atom stereocenters. The number of nitrogens with one attached hydrogen (secondary N) is 1. The number of anilines is 1. The van der Waals surface area contributed by atoms with Crippen LogP contribution in [0.2, 0.25) is 0 Å². The lowest BCUT2D eigenvalue weighted by Crippen LogP contribution is -2.74. The van der Waals surface area contributed by atoms with Gasteiger partial charge in [0.15, 0.2) is 0 Å². The maximum atomic E-state index is 12.5. The summed E-state index contributed by atoms with van der Waals surface area (Å²) in [5, 5.41) is 12.3. The minimum Gasteiger partial charge on any atom is -0.378 e. The fraction of sp³-hybridized carbons (Fsp3) is 0.786. The van der Waals surface area contributed by atoms with Gasteiger partial charge in [-0.05, 0) is 6.92 Å². The van der Waals surface area contributed by atoms with Crippen LogP contribution in [0.4, 0.5) is 5.13 Å². The number of aromatic nitrogens is 2. The van der Waals surface area contributed by atoms with Gasteiger partial charge in [-0.2, -0.15) is 0 Å². The van der Waals surface area contributed by atoms with E-state index in [9.17, 15) is 4.79 Å². The second kappa shape index (κ2) is 6.78. The first-order valence-corrected chi connectivity index (χ1v) is 8.09. The molecule has 126 valence electrons. The molecule has 1 amide bonds. The van der Waals surface area contributed by atoms with Crippen LogP contribution in [0, 0.1) is 5.41 Å². The normalized spacial score (nSPS) is 26.2. The average Bonchev–Trinajstić information content (AvgIpc) is 2.86. The molecule has 1 aromatic heterocycles. The number of carbonyl (C=O) groups is 1. The van der Waals surface area contributed by atoms with Crippen LogP contribution in [0.3, 0.4) is 0 Å². The van der Waals surface area contributed by atoms with E-state index in [1.807, 2.05) is 34.6 Å². The van der Waals surface area contributed by atoms with Crippen LogP contribution in [0.15, 0.2) is 0 Å². The van der Waals surface area contributed by atoms with Crippen LogP contribution < -0.4 is 11.1 Å². The molecule has 0 radical (unpaired) electrons. The van der Waals surface area contributed by atoms with Crippen molar-refractivity contribution in [1.82, 2.24) is 10.2 Å². The summed E-state index contributed by atoms with van der Waals surface area (Å²) in [5.74, 6) is 0.0809. The number of ether oxygens (including phenoxy) is 1. The van der Waals surface area contributed by atoms with Crippen LogP contribution in [0.1, 0.15) is 52.0 Å². The summed E-state index contributed by atoms with van der Waals surface area (Å²) >= 11 is 1.39. The van der Waals surface area contributed by atoms with Crippen molar-refractivity contribution < 1.29 is 9.53 Å². The van der Waals surface area contributed by atoms with E-state index >= 15 is 0 Å². The highest BCUT2D eigenvalue weighted by atomic mass is 35.5. The number of nitrogens with zero attached hydrogens (tertiary/aromatic N) is 2. The van der Waals surface area contributed by atoms with Crippen LogP contribution >= 0.6 is 23.7 Å². The Hall–Kier alpha value is -0.760. The molecule has 1 saturated carbocycles. The molecule has 2 rings (SSSR count). The molecule has 0 aromatic carbocycles. The van der Waals surface area contributed by atoms with E-state index in [1.54, 1.807) is 0 Å². The molecule has 1 aliphatic rings. The standard InChI is InChI=1S/C14H24N4O2S.ClH/c1-6-20-9-7-14(15,13(9,4)5)11(19)16-12-18-17-10(21-12)8(2)3;/h8-9H,6-7,15H2,1-5H3,(H,16,18,19);1H. The first kappa shape index (κ1) is 19.3. The van der Waals surface area contributed by atoms with Gasteiger partial charge in [0.1, 0.15) is 10.5 Å². The zero-order valence-electron chi connectivity index (χ0n) is 13.7. The monoisotopic (exact) mass is 348 g/mol. The summed E-state index contributed by atoms with van der Waals surface area (Å²) in [7, 11) is 0. The van der Waals surface area contributed by atoms with Gasteiger partial charge >= 0.3 is 0 Å². The van der Waals surface area contributed by atoms with E-state index in [-0.39, 0.29) is 24.4 Å². The van der Waals surface area contributed by atoms with E-state index < -0.39 is 11.0 Å². The maximum Gasteiger partial charge on any atom is 0.247 e. The Morgan fingerprint density at radius 2 is 2.14 bits per heavy atom. The van der Waals surface area contributed by atoms with Gasteiger partial charge in [0.25, 0.3) is 0 Å². The molecule has 0 bridgehead atoms. The minimum absolute atomic E-state index is 0. The number of hydrogen-bond acceptors (Lipinski definition) is 6. The van der Waals surface area contributed by atoms with E-state index in [4.69, 9.17) is 10.5 Å². The van der Waals surface area contributed by atoms with Gasteiger partial charge in [-0.3, -0.25) is 10.1 Å². The third kappa shape index (κ3) is 3.13. The minimum atomic E-state index is -0.934. The Labute approximate surface area is 141 Å². The second-order valence-electron chi connectivity index (χ2n) is 6.40. The Balaban J connectivity index is 0.00000242. The molecule has 0 spiro atoms. The Morgan fingerprint density at radius 3 is 2.59 bits per heavy atom. The van der Waals surface area contributed by atoms with E-state index in [2.05, 4.69) is 15.5 Å². The topological polar surface area (TPSA) is 90.1 Å². The predicted octanol–water partition coefficient (Wildman–Crippen LogP) is 2.55. The van der Waals surface area contributed by atoms with Crippen molar-refractivity contribution in [3.8, 4) is 0 Å². The fourth-order valence-electron chi connectivity index (χ4n) is 2.55. The van der Waals surface area contributed by atoms with Crippen molar-refractivity contribution in [2.24, 2.45) is 11.1 Å². The lowest BCUT2D eigenvalue weighted by Gasteiger charge is -2.57. The molecule has 2 atom stereocenters. The molecule has 1 aliphatic carbocycles. The maximum absolute atomic E-state index is 12.5. The summed E-state index contributed by atoms with van der Waals surface area (Å²) in [6.07, 6.45) is 0.536. The van der Waals surface area contributed by atoms with Crippen molar-refractivity contribution in [1.29, 1.82) is 0 Å². The van der Waals surface area contributed by atoms with Gasteiger partial charge < -0.3 is 10.5 Å². The molecule has 0 aliphatic heterocycles. The number of hydrogen-bond donors (Lipinski definition) is 2. The molecular formula is C14H25ClN4O2S. The smallest absolute Gasteiger partial charge is 0.247 e. The predicted molar refractivity (Wildman–Crippen MR) is 90.6 cm³/mol. The van der Waals surface area contributed by atoms with Crippen molar-refractivity contribution in [2.45, 2.75) is 58.6 Å². The Bertz CT molecular complexity index is 535. The zero-order valence-corrected chi connectivity index (χ0v) is 15.3. The molecule has 22 heavy (non-hydrogen) atoms. The third-order valence-corrected chi connectivity index (χ3v) is 5.53. The highest BCUT2D eigenvalue weighted by Gasteiger charge is 2.63. The number of rotatable bonds is 5. The molecule has 1 heterocycles. The van der Waals surface area contributed by atoms with Gasteiger partial charge in [0.05, 0.1) is 6.10 Å². The number of nitrogens with two attached hydrogens (primary N) is 1. The van der Waals surface area contributed by atoms with E-state index in [1.165, 1.54) is 11.3 Å². The summed E-state index contributed by atoms with van der Waals surface area (Å²) in [4.78, 5) is 12.5. The molecule has 1 aromatic rings. The Morgan fingerprint density at radius 1 is 1.50 bits per heavy atom. The highest BCUT2D eigenvalue weighted by molar-refractivity contribution is 7.15. The summed E-state index contributed by atoms with van der Waals surface area (Å²) < 4.78 is 5.64. The molecule has 3 N–H and O–H groups in total. The number of halogens is 1. The van der Waals surface area contributed by atoms with Crippen LogP contribution in [0.5, 0.6) is 0 Å². The highest BCUT2D eigenvalue weighted by Crippen LogP contribution is 2.50. The zero-order chi connectivity index (χ0) is 15.8. The van der Waals surface area contributed by atoms with Gasteiger partial charge in [0, 0.05) is 24.4 Å². The summed E-state index contributed by atoms with van der Waals surface area (Å²) in [6, 6.07) is 0. The van der Waals surface area contributed by atoms with Gasteiger partial charge in [-0.1, -0.05) is 39.0 Å². The van der Waals surface area contributed by atoms with Crippen LogP contribution in [-0.2, 0) is 9.53 Å². The first-order chi connectivity index (χ1) is 9.72. The van der Waals surface area contributed by atoms with Gasteiger partial charge in [-0.15, -0.1) is 22.6 Å². The molecule has 0 saturated heterocycles. The molecule has 1 fully saturated rings. The third-order valence-electron chi connectivity index (χ3n) is 4.39. The molecular weight excluding hydrogens is 324 g/mol. The lowest BCUT2D eigenvalue weighted by atomic mass is 9.54. The van der Waals surface area contributed by atoms with Gasteiger partial charge in [0.2, 0.25) is 11.0 Å². The van der Waals surface area contributed by atoms with Crippen LogP contribution in [0.25, 0.3) is 0 Å². The summed E-state index contributed by atoms with van der Waals surface area (Å²) in [5.41, 5.74) is 4.99. The number of amides is 1. The Kier molecular flexibility index (Phi) is 5.94. The fourth-order valence-corrected chi connectivity index (χ4v) is 3.29. The van der Waals surface area contributed by atoms with Crippen LogP contribution in [-0.4, -0.2) is 34.4 Å². The SMILES string of the molecule is CCOC1CC(N)(C(=O)Nc2nnc(C(C)C)s2)C1(C)C.Cl. The van der Waals surface area contributed by atoms with Crippen molar-refractivity contribution in [3.63, 3.8) is 0 Å². The second-order valence-corrected chi connectivity index (χ2v) is 7.40. The van der Waals surface area contributed by atoms with E-state index in [0.29, 0.717) is 24.1 Å². The largest absolute Gasteiger partial charge is 0.378 e. The molecule has 8 heteroatoms. The number of carbonyl (C=O) groups excluding carboxylic acids is 1. The first-order valence-electron chi connectivity index (χ1n) is 7.27. The lowest BCUT2D eigenvalue weighted by molar-refractivity contribution is -0.166. The quantitative estimate of drug-likeness (QED) is 0.853. The van der Waals surface area contributed by atoms with Gasteiger partial charge in [-0.25, -0.2) is 0 Å².